The molecule has 25 heavy (non-hydrogen) atoms. The van der Waals surface area contributed by atoms with Gasteiger partial charge in [-0.15, -0.1) is 0 Å². The van der Waals surface area contributed by atoms with Crippen LogP contribution in [0.25, 0.3) is 0 Å². The van der Waals surface area contributed by atoms with Gasteiger partial charge < -0.3 is 20.0 Å². The first-order valence-electron chi connectivity index (χ1n) is 9.93. The lowest BCUT2D eigenvalue weighted by Gasteiger charge is -2.17. The van der Waals surface area contributed by atoms with Crippen LogP contribution in [0, 0.1) is 0 Å². The second kappa shape index (κ2) is 16.2. The van der Waals surface area contributed by atoms with Gasteiger partial charge in [-0.25, -0.2) is 4.57 Å². The van der Waals surface area contributed by atoms with Crippen molar-refractivity contribution in [1.82, 2.24) is 0 Å². The Bertz CT molecular complexity index is 334. The van der Waals surface area contributed by atoms with Crippen LogP contribution in [0.1, 0.15) is 96.8 Å². The highest BCUT2D eigenvalue weighted by Gasteiger charge is 2.21. The summed E-state index contributed by atoms with van der Waals surface area (Å²) in [6, 6.07) is 0. The molecule has 0 rings (SSSR count). The van der Waals surface area contributed by atoms with Gasteiger partial charge in [0.1, 0.15) is 6.10 Å². The molecule has 0 radical (unpaired) electrons. The summed E-state index contributed by atoms with van der Waals surface area (Å²) in [6.45, 7) is 1.69. The lowest BCUT2D eigenvalue weighted by Crippen LogP contribution is -2.30. The number of aliphatic hydroxyl groups excluding tert-OH is 2. The third kappa shape index (κ3) is 18.6. The van der Waals surface area contributed by atoms with E-state index in [0.29, 0.717) is 6.42 Å². The summed E-state index contributed by atoms with van der Waals surface area (Å²) >= 11 is 0. The Kier molecular flexibility index (Phi) is 16.2. The van der Waals surface area contributed by atoms with E-state index in [1.54, 1.807) is 0 Å². The molecule has 0 aromatic heterocycles. The SMILES string of the molecule is CCCCCCCCCCCCCCC[C@@H](O)[C@@H](O)COP(=O)(O)O. The summed E-state index contributed by atoms with van der Waals surface area (Å²) in [4.78, 5) is 17.1. The van der Waals surface area contributed by atoms with Crippen molar-refractivity contribution in [2.45, 2.75) is 109 Å². The van der Waals surface area contributed by atoms with E-state index in [1.165, 1.54) is 64.2 Å². The van der Waals surface area contributed by atoms with Crippen LogP contribution in [0.3, 0.4) is 0 Å². The number of phosphoric acid groups is 1. The Morgan fingerprint density at radius 3 is 1.52 bits per heavy atom. The molecule has 0 aromatic carbocycles. The van der Waals surface area contributed by atoms with E-state index in [2.05, 4.69) is 11.4 Å². The summed E-state index contributed by atoms with van der Waals surface area (Å²) in [5.74, 6) is 0. The van der Waals surface area contributed by atoms with Crippen LogP contribution >= 0.6 is 7.82 Å². The topological polar surface area (TPSA) is 107 Å². The highest BCUT2D eigenvalue weighted by Crippen LogP contribution is 2.35. The van der Waals surface area contributed by atoms with Gasteiger partial charge in [0.05, 0.1) is 12.7 Å². The molecule has 4 N–H and O–H groups in total. The Labute approximate surface area is 153 Å². The Morgan fingerprint density at radius 2 is 1.12 bits per heavy atom. The average molecular weight is 382 g/mol. The van der Waals surface area contributed by atoms with Gasteiger partial charge >= 0.3 is 7.82 Å². The smallest absolute Gasteiger partial charge is 0.390 e. The minimum atomic E-state index is -4.59. The summed E-state index contributed by atoms with van der Waals surface area (Å²) in [5.41, 5.74) is 0. The van der Waals surface area contributed by atoms with E-state index in [-0.39, 0.29) is 0 Å². The van der Waals surface area contributed by atoms with Crippen molar-refractivity contribution < 1.29 is 29.1 Å². The molecule has 0 saturated heterocycles. The van der Waals surface area contributed by atoms with Gasteiger partial charge in [0.2, 0.25) is 0 Å². The van der Waals surface area contributed by atoms with E-state index in [1.807, 2.05) is 0 Å². The number of rotatable bonds is 18. The van der Waals surface area contributed by atoms with Crippen LogP contribution in [-0.4, -0.2) is 38.8 Å². The van der Waals surface area contributed by atoms with Crippen LogP contribution in [-0.2, 0) is 9.09 Å². The first-order valence-corrected chi connectivity index (χ1v) is 11.5. The number of aliphatic hydroxyl groups is 2. The maximum atomic E-state index is 10.5. The number of hydrogen-bond acceptors (Lipinski definition) is 4. The second-order valence-corrected chi connectivity index (χ2v) is 8.19. The molecular formula is C18H39O6P. The zero-order valence-corrected chi connectivity index (χ0v) is 16.7. The van der Waals surface area contributed by atoms with Gasteiger partial charge in [-0.3, -0.25) is 4.52 Å². The van der Waals surface area contributed by atoms with Gasteiger partial charge in [-0.1, -0.05) is 90.4 Å². The van der Waals surface area contributed by atoms with Crippen LogP contribution in [0.15, 0.2) is 0 Å². The monoisotopic (exact) mass is 382 g/mol. The van der Waals surface area contributed by atoms with Crippen molar-refractivity contribution in [3.8, 4) is 0 Å². The van der Waals surface area contributed by atoms with E-state index in [4.69, 9.17) is 9.79 Å². The first-order chi connectivity index (χ1) is 11.9. The molecule has 2 atom stereocenters. The molecule has 0 saturated carbocycles. The third-order valence-electron chi connectivity index (χ3n) is 4.46. The molecule has 0 spiro atoms. The first kappa shape index (κ1) is 25.0. The van der Waals surface area contributed by atoms with Gasteiger partial charge in [-0.2, -0.15) is 0 Å². The largest absolute Gasteiger partial charge is 0.469 e. The predicted molar refractivity (Wildman–Crippen MR) is 100 cm³/mol. The maximum absolute atomic E-state index is 10.5. The Hall–Kier alpha value is 0.0300. The molecule has 0 bridgehead atoms. The molecule has 6 nitrogen and oxygen atoms in total. The average Bonchev–Trinajstić information content (AvgIpc) is 2.56. The van der Waals surface area contributed by atoms with Crippen molar-refractivity contribution in [2.24, 2.45) is 0 Å². The molecule has 7 heteroatoms. The van der Waals surface area contributed by atoms with Crippen molar-refractivity contribution >= 4 is 7.82 Å². The van der Waals surface area contributed by atoms with Gasteiger partial charge in [0.25, 0.3) is 0 Å². The number of unbranched alkanes of at least 4 members (excludes halogenated alkanes) is 12. The molecular weight excluding hydrogens is 343 g/mol. The van der Waals surface area contributed by atoms with Crippen molar-refractivity contribution in [3.63, 3.8) is 0 Å². The van der Waals surface area contributed by atoms with Crippen LogP contribution in [0.2, 0.25) is 0 Å². The van der Waals surface area contributed by atoms with Crippen LogP contribution in [0.5, 0.6) is 0 Å². The summed E-state index contributed by atoms with van der Waals surface area (Å²) in [7, 11) is -4.59. The summed E-state index contributed by atoms with van der Waals surface area (Å²) in [5, 5.41) is 19.3. The standard InChI is InChI=1S/C18H39O6P/c1-2-3-4-5-6-7-8-9-10-11-12-13-14-15-17(19)18(20)16-24-25(21,22)23/h17-20H,2-16H2,1H3,(H2,21,22,23)/t17-,18+/m1/s1. The van der Waals surface area contributed by atoms with Crippen molar-refractivity contribution in [2.75, 3.05) is 6.61 Å². The highest BCUT2D eigenvalue weighted by atomic mass is 31.2. The quantitative estimate of drug-likeness (QED) is 0.208. The maximum Gasteiger partial charge on any atom is 0.469 e. The second-order valence-electron chi connectivity index (χ2n) is 6.95. The van der Waals surface area contributed by atoms with Crippen LogP contribution in [0.4, 0.5) is 0 Å². The normalized spacial score (nSPS) is 14.6. The Balaban J connectivity index is 3.33. The number of phosphoric ester groups is 1. The van der Waals surface area contributed by atoms with E-state index in [9.17, 15) is 14.8 Å². The lowest BCUT2D eigenvalue weighted by atomic mass is 10.0. The molecule has 0 fully saturated rings. The fraction of sp³-hybridized carbons (Fsp3) is 1.00. The minimum Gasteiger partial charge on any atom is -0.390 e. The lowest BCUT2D eigenvalue weighted by molar-refractivity contribution is -0.0182. The fourth-order valence-corrected chi connectivity index (χ4v) is 3.20. The van der Waals surface area contributed by atoms with E-state index in [0.717, 1.165) is 19.3 Å². The van der Waals surface area contributed by atoms with Crippen molar-refractivity contribution in [3.05, 3.63) is 0 Å². The fourth-order valence-electron chi connectivity index (χ4n) is 2.85. The molecule has 0 unspecified atom stereocenters. The molecule has 0 heterocycles. The van der Waals surface area contributed by atoms with Gasteiger partial charge in [0.15, 0.2) is 0 Å². The van der Waals surface area contributed by atoms with E-state index < -0.39 is 26.6 Å². The van der Waals surface area contributed by atoms with Gasteiger partial charge in [-0.05, 0) is 6.42 Å². The molecule has 152 valence electrons. The molecule has 0 amide bonds. The highest BCUT2D eigenvalue weighted by molar-refractivity contribution is 7.46. The van der Waals surface area contributed by atoms with E-state index >= 15 is 0 Å². The van der Waals surface area contributed by atoms with Gasteiger partial charge in [0, 0.05) is 0 Å². The molecule has 0 aliphatic heterocycles. The summed E-state index contributed by atoms with van der Waals surface area (Å²) < 4.78 is 14.7. The van der Waals surface area contributed by atoms with Crippen molar-refractivity contribution in [1.29, 1.82) is 0 Å². The molecule has 0 aromatic rings. The zero-order valence-electron chi connectivity index (χ0n) is 15.8. The van der Waals surface area contributed by atoms with Crippen LogP contribution < -0.4 is 0 Å². The number of hydrogen-bond donors (Lipinski definition) is 4. The summed E-state index contributed by atoms with van der Waals surface area (Å²) in [6.07, 6.45) is 14.3. The predicted octanol–water partition coefficient (Wildman–Crippen LogP) is 4.30. The minimum absolute atomic E-state index is 0.420. The third-order valence-corrected chi connectivity index (χ3v) is 4.95. The molecule has 0 aliphatic rings. The zero-order chi connectivity index (χ0) is 19.0. The Morgan fingerprint density at radius 1 is 0.720 bits per heavy atom. The molecule has 0 aliphatic carbocycles.